The van der Waals surface area contributed by atoms with Crippen molar-refractivity contribution in [2.45, 2.75) is 50.4 Å². The Labute approximate surface area is 141 Å². The summed E-state index contributed by atoms with van der Waals surface area (Å²) in [6, 6.07) is 0.580. The molecule has 0 bridgehead atoms. The molecule has 1 saturated heterocycles. The zero-order valence-corrected chi connectivity index (χ0v) is 14.8. The molecule has 1 aliphatic rings. The first kappa shape index (κ1) is 16.5. The lowest BCUT2D eigenvalue weighted by molar-refractivity contribution is 0.116. The Bertz CT molecular complexity index is 611. The van der Waals surface area contributed by atoms with Crippen molar-refractivity contribution in [1.29, 1.82) is 0 Å². The highest BCUT2D eigenvalue weighted by molar-refractivity contribution is 7.97. The fourth-order valence-electron chi connectivity index (χ4n) is 3.24. The van der Waals surface area contributed by atoms with Crippen molar-refractivity contribution in [3.63, 3.8) is 0 Å². The number of likely N-dealkylation sites (tertiary alicyclic amines) is 1. The first-order valence-corrected chi connectivity index (χ1v) is 9.66. The van der Waals surface area contributed by atoms with Crippen LogP contribution in [0.5, 0.6) is 0 Å². The minimum atomic E-state index is 0.580. The molecule has 1 atom stereocenters. The van der Waals surface area contributed by atoms with E-state index in [0.29, 0.717) is 6.04 Å². The smallest absolute Gasteiger partial charge is 0.240 e. The second kappa shape index (κ2) is 7.97. The summed E-state index contributed by atoms with van der Waals surface area (Å²) in [6.07, 6.45) is 11.9. The third-order valence-electron chi connectivity index (χ3n) is 4.49. The summed E-state index contributed by atoms with van der Waals surface area (Å²) in [5.74, 6) is 3.52. The molecule has 0 saturated carbocycles. The van der Waals surface area contributed by atoms with Crippen molar-refractivity contribution in [1.82, 2.24) is 24.6 Å². The molecular weight excluding hydrogens is 310 g/mol. The summed E-state index contributed by atoms with van der Waals surface area (Å²) in [6.45, 7) is 1.89. The van der Waals surface area contributed by atoms with E-state index in [1.54, 1.807) is 11.8 Å². The van der Waals surface area contributed by atoms with Gasteiger partial charge in [-0.25, -0.2) is 4.98 Å². The SMILES string of the molecule is CSCc1noc(CN2CCCC[C@@H]2CCc2nccn2C)n1. The molecule has 0 unspecified atom stereocenters. The molecule has 0 radical (unpaired) electrons. The zero-order valence-electron chi connectivity index (χ0n) is 13.9. The van der Waals surface area contributed by atoms with Gasteiger partial charge in [0.15, 0.2) is 5.82 Å². The van der Waals surface area contributed by atoms with Crippen molar-refractivity contribution >= 4 is 11.8 Å². The molecule has 0 aromatic carbocycles. The molecule has 3 heterocycles. The van der Waals surface area contributed by atoms with Gasteiger partial charge in [-0.1, -0.05) is 11.6 Å². The van der Waals surface area contributed by atoms with Gasteiger partial charge < -0.3 is 9.09 Å². The van der Waals surface area contributed by atoms with E-state index >= 15 is 0 Å². The van der Waals surface area contributed by atoms with E-state index in [0.717, 1.165) is 49.2 Å². The number of aromatic nitrogens is 4. The average molecular weight is 335 g/mol. The Morgan fingerprint density at radius 3 is 3.09 bits per heavy atom. The number of hydrogen-bond acceptors (Lipinski definition) is 6. The summed E-state index contributed by atoms with van der Waals surface area (Å²) in [4.78, 5) is 11.4. The molecule has 7 heteroatoms. The third-order valence-corrected chi connectivity index (χ3v) is 5.04. The van der Waals surface area contributed by atoms with Crippen molar-refractivity contribution in [3.8, 4) is 0 Å². The van der Waals surface area contributed by atoms with Crippen LogP contribution in [0.2, 0.25) is 0 Å². The summed E-state index contributed by atoms with van der Waals surface area (Å²) < 4.78 is 7.52. The van der Waals surface area contributed by atoms with Crippen LogP contribution in [0.1, 0.15) is 43.2 Å². The average Bonchev–Trinajstić information content (AvgIpc) is 3.16. The summed E-state index contributed by atoms with van der Waals surface area (Å²) in [5, 5.41) is 4.05. The van der Waals surface area contributed by atoms with Crippen molar-refractivity contribution in [2.24, 2.45) is 7.05 Å². The molecule has 126 valence electrons. The maximum atomic E-state index is 5.41. The minimum absolute atomic E-state index is 0.580. The largest absolute Gasteiger partial charge is 0.338 e. The van der Waals surface area contributed by atoms with E-state index in [-0.39, 0.29) is 0 Å². The first-order chi connectivity index (χ1) is 11.3. The summed E-state index contributed by atoms with van der Waals surface area (Å²) in [7, 11) is 2.06. The molecule has 0 N–H and O–H groups in total. The number of hydrogen-bond donors (Lipinski definition) is 0. The highest BCUT2D eigenvalue weighted by Gasteiger charge is 2.24. The van der Waals surface area contributed by atoms with Gasteiger partial charge in [0, 0.05) is 31.9 Å². The Morgan fingerprint density at radius 1 is 1.39 bits per heavy atom. The maximum Gasteiger partial charge on any atom is 0.240 e. The lowest BCUT2D eigenvalue weighted by Gasteiger charge is -2.34. The topological polar surface area (TPSA) is 60.0 Å². The Hall–Kier alpha value is -1.34. The summed E-state index contributed by atoms with van der Waals surface area (Å²) >= 11 is 1.71. The quantitative estimate of drug-likeness (QED) is 0.775. The monoisotopic (exact) mass is 335 g/mol. The number of thioether (sulfide) groups is 1. The molecule has 1 fully saturated rings. The lowest BCUT2D eigenvalue weighted by Crippen LogP contribution is -2.39. The highest BCUT2D eigenvalue weighted by Crippen LogP contribution is 2.23. The van der Waals surface area contributed by atoms with Crippen LogP contribution in [0.4, 0.5) is 0 Å². The van der Waals surface area contributed by atoms with Gasteiger partial charge in [0.2, 0.25) is 5.89 Å². The van der Waals surface area contributed by atoms with Gasteiger partial charge in [-0.05, 0) is 32.1 Å². The minimum Gasteiger partial charge on any atom is -0.338 e. The van der Waals surface area contributed by atoms with Gasteiger partial charge in [0.25, 0.3) is 0 Å². The molecule has 3 rings (SSSR count). The van der Waals surface area contributed by atoms with Gasteiger partial charge >= 0.3 is 0 Å². The maximum absolute atomic E-state index is 5.41. The fourth-order valence-corrected chi connectivity index (χ4v) is 3.62. The van der Waals surface area contributed by atoms with E-state index < -0.39 is 0 Å². The van der Waals surface area contributed by atoms with Crippen LogP contribution in [-0.4, -0.2) is 43.4 Å². The second-order valence-electron chi connectivity index (χ2n) is 6.15. The molecule has 0 amide bonds. The summed E-state index contributed by atoms with van der Waals surface area (Å²) in [5.41, 5.74) is 0. The van der Waals surface area contributed by atoms with Gasteiger partial charge in [0.05, 0.1) is 12.3 Å². The van der Waals surface area contributed by atoms with Crippen molar-refractivity contribution < 1.29 is 4.52 Å². The normalized spacial score (nSPS) is 19.3. The highest BCUT2D eigenvalue weighted by atomic mass is 32.2. The van der Waals surface area contributed by atoms with E-state index in [9.17, 15) is 0 Å². The van der Waals surface area contributed by atoms with Crippen LogP contribution in [0.15, 0.2) is 16.9 Å². The lowest BCUT2D eigenvalue weighted by atomic mass is 9.98. The van der Waals surface area contributed by atoms with Crippen molar-refractivity contribution in [2.75, 3.05) is 12.8 Å². The first-order valence-electron chi connectivity index (χ1n) is 8.27. The van der Waals surface area contributed by atoms with Crippen LogP contribution in [0, 0.1) is 0 Å². The third kappa shape index (κ3) is 4.35. The number of nitrogens with zero attached hydrogens (tertiary/aromatic N) is 5. The number of piperidine rings is 1. The molecule has 6 nitrogen and oxygen atoms in total. The van der Waals surface area contributed by atoms with Crippen LogP contribution in [0.3, 0.4) is 0 Å². The van der Waals surface area contributed by atoms with E-state index in [1.807, 2.05) is 18.6 Å². The number of rotatable bonds is 7. The van der Waals surface area contributed by atoms with E-state index in [1.165, 1.54) is 19.3 Å². The van der Waals surface area contributed by atoms with Gasteiger partial charge in [-0.15, -0.1) is 0 Å². The van der Waals surface area contributed by atoms with Crippen LogP contribution < -0.4 is 0 Å². The molecule has 1 aliphatic heterocycles. The molecule has 0 spiro atoms. The molecule has 2 aromatic rings. The predicted molar refractivity (Wildman–Crippen MR) is 91.1 cm³/mol. The second-order valence-corrected chi connectivity index (χ2v) is 7.02. The Balaban J connectivity index is 1.58. The molecular formula is C16H25N5OS. The van der Waals surface area contributed by atoms with Gasteiger partial charge in [-0.2, -0.15) is 16.7 Å². The molecule has 23 heavy (non-hydrogen) atoms. The Kier molecular flexibility index (Phi) is 5.72. The molecule has 2 aromatic heterocycles. The zero-order chi connectivity index (χ0) is 16.1. The van der Waals surface area contributed by atoms with Gasteiger partial charge in [-0.3, -0.25) is 4.90 Å². The van der Waals surface area contributed by atoms with E-state index in [4.69, 9.17) is 4.52 Å². The molecule has 0 aliphatic carbocycles. The van der Waals surface area contributed by atoms with Crippen LogP contribution >= 0.6 is 11.8 Å². The van der Waals surface area contributed by atoms with Crippen molar-refractivity contribution in [3.05, 3.63) is 29.9 Å². The van der Waals surface area contributed by atoms with Gasteiger partial charge in [0.1, 0.15) is 5.82 Å². The Morgan fingerprint density at radius 2 is 2.30 bits per heavy atom. The standard InChI is InChI=1S/C16H25N5OS/c1-20-10-8-17-15(20)7-6-13-5-3-4-9-21(13)11-16-18-14(12-23-2)19-22-16/h8,10,13H,3-7,9,11-12H2,1-2H3/t13-/m1/s1. The number of aryl methyl sites for hydroxylation is 2. The fraction of sp³-hybridized carbons (Fsp3) is 0.688. The number of imidazole rings is 1. The van der Waals surface area contributed by atoms with Crippen LogP contribution in [-0.2, 0) is 25.8 Å². The predicted octanol–water partition coefficient (Wildman–Crippen LogP) is 2.65. The van der Waals surface area contributed by atoms with Crippen LogP contribution in [0.25, 0.3) is 0 Å². The van der Waals surface area contributed by atoms with E-state index in [2.05, 4.69) is 31.6 Å².